The van der Waals surface area contributed by atoms with Gasteiger partial charge in [-0.05, 0) is 0 Å². The lowest BCUT2D eigenvalue weighted by Crippen LogP contribution is -2.27. The third kappa shape index (κ3) is 1.73. The number of hydrogen-bond acceptors (Lipinski definition) is 7. The Balaban J connectivity index is 2.47. The van der Waals surface area contributed by atoms with Crippen LogP contribution in [0.5, 0.6) is 0 Å². The number of carbonyl (C=O) groups is 2. The normalized spacial score (nSPS) is 23.8. The van der Waals surface area contributed by atoms with Crippen molar-refractivity contribution in [2.75, 3.05) is 0 Å². The Bertz CT molecular complexity index is 208. The molecule has 1 heterocycles. The van der Waals surface area contributed by atoms with Crippen molar-refractivity contribution in [2.45, 2.75) is 11.7 Å². The number of hydroxylamine groups is 2. The summed E-state index contributed by atoms with van der Waals surface area (Å²) in [4.78, 5) is 21.5. The fourth-order valence-electron chi connectivity index (χ4n) is 0.732. The monoisotopic (exact) mass is 195 g/mol. The predicted molar refractivity (Wildman–Crippen MR) is 34.4 cm³/mol. The SMILES string of the molecule is O=C1CC(SOOO)C(=O)N1O. The van der Waals surface area contributed by atoms with Gasteiger partial charge in [0.15, 0.2) is 0 Å². The quantitative estimate of drug-likeness (QED) is 0.207. The van der Waals surface area contributed by atoms with Gasteiger partial charge in [0, 0.05) is 12.0 Å². The first-order valence-corrected chi connectivity index (χ1v) is 3.66. The van der Waals surface area contributed by atoms with Crippen molar-refractivity contribution in [3.05, 3.63) is 0 Å². The maximum atomic E-state index is 10.8. The molecule has 0 aromatic heterocycles. The smallest absolute Gasteiger partial charge is 0.269 e. The fraction of sp³-hybridized carbons (Fsp3) is 0.500. The zero-order chi connectivity index (χ0) is 9.14. The van der Waals surface area contributed by atoms with E-state index in [1.165, 1.54) is 0 Å². The first-order valence-electron chi connectivity index (χ1n) is 2.86. The van der Waals surface area contributed by atoms with Crippen molar-refractivity contribution in [3.8, 4) is 0 Å². The standard InChI is InChI=1S/C4H5NO6S/c6-3-1-2(12-11-10-9)4(7)5(3)8/h2,8-9H,1H2. The highest BCUT2D eigenvalue weighted by Gasteiger charge is 2.39. The topological polar surface area (TPSA) is 96.3 Å². The molecule has 0 aromatic rings. The molecule has 0 bridgehead atoms. The lowest BCUT2D eigenvalue weighted by atomic mass is 10.4. The van der Waals surface area contributed by atoms with E-state index in [4.69, 9.17) is 10.5 Å². The Labute approximate surface area is 70.9 Å². The van der Waals surface area contributed by atoms with Crippen LogP contribution in [0.3, 0.4) is 0 Å². The van der Waals surface area contributed by atoms with Crippen molar-refractivity contribution < 1.29 is 29.4 Å². The van der Waals surface area contributed by atoms with Gasteiger partial charge in [-0.1, -0.05) is 5.04 Å². The van der Waals surface area contributed by atoms with Gasteiger partial charge in [-0.2, -0.15) is 5.06 Å². The molecule has 1 fully saturated rings. The van der Waals surface area contributed by atoms with Crippen molar-refractivity contribution in [3.63, 3.8) is 0 Å². The summed E-state index contributed by atoms with van der Waals surface area (Å²) in [5.74, 6) is -1.50. The van der Waals surface area contributed by atoms with E-state index in [1.807, 2.05) is 0 Å². The molecule has 1 aliphatic heterocycles. The van der Waals surface area contributed by atoms with E-state index >= 15 is 0 Å². The maximum absolute atomic E-state index is 10.8. The number of amides is 2. The predicted octanol–water partition coefficient (Wildman–Crippen LogP) is -0.427. The highest BCUT2D eigenvalue weighted by Crippen LogP contribution is 2.24. The van der Waals surface area contributed by atoms with E-state index in [2.05, 4.69) is 9.37 Å². The van der Waals surface area contributed by atoms with Gasteiger partial charge in [0.05, 0.1) is 6.42 Å². The minimum absolute atomic E-state index is 0.0123. The third-order valence-corrected chi connectivity index (χ3v) is 2.01. The van der Waals surface area contributed by atoms with E-state index < -0.39 is 17.1 Å². The minimum atomic E-state index is -0.866. The molecular formula is C4H5NO6S. The lowest BCUT2D eigenvalue weighted by molar-refractivity contribution is -0.432. The van der Waals surface area contributed by atoms with Crippen LogP contribution in [0.1, 0.15) is 6.42 Å². The van der Waals surface area contributed by atoms with E-state index in [9.17, 15) is 9.59 Å². The average Bonchev–Trinajstić information content (AvgIpc) is 2.30. The van der Waals surface area contributed by atoms with Crippen LogP contribution in [0.15, 0.2) is 0 Å². The summed E-state index contributed by atoms with van der Waals surface area (Å²) in [6, 6.07) is 0. The Morgan fingerprint density at radius 2 is 2.25 bits per heavy atom. The molecule has 0 aromatic carbocycles. The Morgan fingerprint density at radius 1 is 1.58 bits per heavy atom. The van der Waals surface area contributed by atoms with Crippen molar-refractivity contribution in [2.24, 2.45) is 0 Å². The second-order valence-electron chi connectivity index (χ2n) is 1.98. The van der Waals surface area contributed by atoms with Crippen LogP contribution in [0.2, 0.25) is 0 Å². The Hall–Kier alpha value is -0.670. The van der Waals surface area contributed by atoms with Crippen LogP contribution in [0, 0.1) is 0 Å². The molecule has 7 nitrogen and oxygen atoms in total. The molecule has 1 saturated heterocycles. The van der Waals surface area contributed by atoms with Crippen LogP contribution in [0.25, 0.3) is 0 Å². The summed E-state index contributed by atoms with van der Waals surface area (Å²) in [7, 11) is 0. The molecule has 1 rings (SSSR count). The molecule has 2 amide bonds. The van der Waals surface area contributed by atoms with Gasteiger partial charge in [0.25, 0.3) is 11.8 Å². The number of nitrogens with zero attached hydrogens (tertiary/aromatic N) is 1. The van der Waals surface area contributed by atoms with E-state index in [1.54, 1.807) is 0 Å². The molecule has 68 valence electrons. The molecule has 12 heavy (non-hydrogen) atoms. The van der Waals surface area contributed by atoms with Crippen molar-refractivity contribution in [1.82, 2.24) is 5.06 Å². The largest absolute Gasteiger partial charge is 0.278 e. The van der Waals surface area contributed by atoms with Crippen molar-refractivity contribution >= 4 is 23.9 Å². The van der Waals surface area contributed by atoms with Crippen LogP contribution in [0.4, 0.5) is 0 Å². The summed E-state index contributed by atoms with van der Waals surface area (Å²) in [6.07, 6.45) is -0.177. The van der Waals surface area contributed by atoms with Gasteiger partial charge in [0.1, 0.15) is 5.25 Å². The summed E-state index contributed by atoms with van der Waals surface area (Å²) in [5, 5.41) is 18.8. The molecule has 8 heteroatoms. The number of imide groups is 1. The summed E-state index contributed by atoms with van der Waals surface area (Å²) < 4.78 is 3.95. The second-order valence-corrected chi connectivity index (χ2v) is 2.87. The van der Waals surface area contributed by atoms with Gasteiger partial charge < -0.3 is 0 Å². The average molecular weight is 195 g/mol. The molecular weight excluding hydrogens is 190 g/mol. The number of carbonyl (C=O) groups excluding carboxylic acids is 2. The van der Waals surface area contributed by atoms with Crippen LogP contribution < -0.4 is 0 Å². The number of rotatable bonds is 3. The maximum Gasteiger partial charge on any atom is 0.269 e. The fourth-order valence-corrected chi connectivity index (χ4v) is 1.25. The molecule has 0 spiro atoms. The van der Waals surface area contributed by atoms with Gasteiger partial charge in [-0.25, -0.2) is 5.26 Å². The van der Waals surface area contributed by atoms with Crippen LogP contribution in [-0.4, -0.2) is 32.6 Å². The van der Waals surface area contributed by atoms with Gasteiger partial charge in [0.2, 0.25) is 0 Å². The zero-order valence-electron chi connectivity index (χ0n) is 5.67. The first kappa shape index (κ1) is 9.42. The van der Waals surface area contributed by atoms with E-state index in [0.717, 1.165) is 0 Å². The second kappa shape index (κ2) is 3.83. The Morgan fingerprint density at radius 3 is 2.67 bits per heavy atom. The molecule has 0 aliphatic carbocycles. The summed E-state index contributed by atoms with van der Waals surface area (Å²) >= 11 is 0.455. The van der Waals surface area contributed by atoms with Crippen molar-refractivity contribution in [1.29, 1.82) is 0 Å². The van der Waals surface area contributed by atoms with Crippen LogP contribution >= 0.6 is 12.0 Å². The van der Waals surface area contributed by atoms with Gasteiger partial charge in [-0.3, -0.25) is 14.8 Å². The Kier molecular flexibility index (Phi) is 3.00. The molecule has 2 N–H and O–H groups in total. The van der Waals surface area contributed by atoms with Gasteiger partial charge >= 0.3 is 0 Å². The van der Waals surface area contributed by atoms with E-state index in [-0.39, 0.29) is 11.5 Å². The molecule has 0 saturated carbocycles. The third-order valence-electron chi connectivity index (χ3n) is 1.27. The summed E-state index contributed by atoms with van der Waals surface area (Å²) in [6.45, 7) is 0. The minimum Gasteiger partial charge on any atom is -0.278 e. The van der Waals surface area contributed by atoms with Gasteiger partial charge in [-0.15, -0.1) is 4.33 Å². The summed E-state index contributed by atoms with van der Waals surface area (Å²) in [5.41, 5.74) is 0. The highest BCUT2D eigenvalue weighted by molar-refractivity contribution is 7.96. The first-order chi connectivity index (χ1) is 5.66. The van der Waals surface area contributed by atoms with E-state index in [0.29, 0.717) is 12.0 Å². The zero-order valence-corrected chi connectivity index (χ0v) is 6.48. The molecule has 1 atom stereocenters. The molecule has 1 unspecified atom stereocenters. The molecule has 0 radical (unpaired) electrons. The lowest BCUT2D eigenvalue weighted by Gasteiger charge is -2.03. The van der Waals surface area contributed by atoms with Crippen LogP contribution in [-0.2, 0) is 19.0 Å². The highest BCUT2D eigenvalue weighted by atomic mass is 32.2. The number of hydrogen-bond donors (Lipinski definition) is 2. The molecule has 1 aliphatic rings.